The van der Waals surface area contributed by atoms with E-state index in [1.807, 2.05) is 24.0 Å². The van der Waals surface area contributed by atoms with Crippen molar-refractivity contribution in [2.24, 2.45) is 4.99 Å². The molecule has 2 saturated heterocycles. The van der Waals surface area contributed by atoms with Gasteiger partial charge in [0.2, 0.25) is 0 Å². The fourth-order valence-corrected chi connectivity index (χ4v) is 4.30. The van der Waals surface area contributed by atoms with Crippen LogP contribution < -0.4 is 5.32 Å². The molecule has 0 spiro atoms. The number of guanidine groups is 1. The molecule has 2 aliphatic rings. The van der Waals surface area contributed by atoms with Crippen molar-refractivity contribution in [3.05, 3.63) is 48.3 Å². The molecule has 7 nitrogen and oxygen atoms in total. The zero-order valence-corrected chi connectivity index (χ0v) is 21.3. The van der Waals surface area contributed by atoms with Gasteiger partial charge in [-0.2, -0.15) is 5.10 Å². The third-order valence-corrected chi connectivity index (χ3v) is 6.15. The number of benzene rings is 1. The number of aromatic nitrogens is 2. The van der Waals surface area contributed by atoms with E-state index in [1.165, 1.54) is 18.4 Å². The van der Waals surface area contributed by atoms with Gasteiger partial charge in [0.25, 0.3) is 0 Å². The van der Waals surface area contributed by atoms with E-state index in [-0.39, 0.29) is 24.0 Å². The van der Waals surface area contributed by atoms with Crippen LogP contribution in [0.25, 0.3) is 5.69 Å². The van der Waals surface area contributed by atoms with Crippen LogP contribution in [0, 0.1) is 0 Å². The van der Waals surface area contributed by atoms with Crippen LogP contribution in [-0.4, -0.2) is 72.7 Å². The molecule has 8 heteroatoms. The van der Waals surface area contributed by atoms with Crippen molar-refractivity contribution in [1.82, 2.24) is 20.0 Å². The highest BCUT2D eigenvalue weighted by Crippen LogP contribution is 2.18. The number of hydrogen-bond donors (Lipinski definition) is 1. The highest BCUT2D eigenvalue weighted by atomic mass is 127. The Bertz CT molecular complexity index is 798. The van der Waals surface area contributed by atoms with E-state index in [0.717, 1.165) is 70.2 Å². The first-order chi connectivity index (χ1) is 15.3. The Morgan fingerprint density at radius 1 is 1.19 bits per heavy atom. The van der Waals surface area contributed by atoms with Gasteiger partial charge >= 0.3 is 0 Å². The maximum atomic E-state index is 6.14. The van der Waals surface area contributed by atoms with Gasteiger partial charge in [-0.1, -0.05) is 12.1 Å². The van der Waals surface area contributed by atoms with Gasteiger partial charge in [0.15, 0.2) is 5.96 Å². The van der Waals surface area contributed by atoms with E-state index in [1.54, 1.807) is 6.20 Å². The van der Waals surface area contributed by atoms with Crippen molar-refractivity contribution in [2.75, 3.05) is 39.9 Å². The second-order valence-corrected chi connectivity index (χ2v) is 8.35. The van der Waals surface area contributed by atoms with Gasteiger partial charge in [0.1, 0.15) is 0 Å². The van der Waals surface area contributed by atoms with E-state index >= 15 is 0 Å². The average Bonchev–Trinajstić information content (AvgIpc) is 3.37. The lowest BCUT2D eigenvalue weighted by atomic mass is 10.1. The van der Waals surface area contributed by atoms with Gasteiger partial charge < -0.3 is 19.7 Å². The quantitative estimate of drug-likeness (QED) is 0.322. The predicted octanol–water partition coefficient (Wildman–Crippen LogP) is 3.66. The molecular formula is C24H36IN5O2. The van der Waals surface area contributed by atoms with Crippen molar-refractivity contribution in [3.8, 4) is 5.69 Å². The number of aliphatic imine (C=N–C) groups is 1. The molecule has 0 amide bonds. The van der Waals surface area contributed by atoms with E-state index in [4.69, 9.17) is 9.47 Å². The molecule has 176 valence electrons. The molecule has 2 aromatic rings. The summed E-state index contributed by atoms with van der Waals surface area (Å²) in [6, 6.07) is 10.5. The number of hydrogen-bond acceptors (Lipinski definition) is 4. The molecule has 0 radical (unpaired) electrons. The van der Waals surface area contributed by atoms with E-state index < -0.39 is 0 Å². The van der Waals surface area contributed by atoms with E-state index in [9.17, 15) is 0 Å². The molecule has 1 unspecified atom stereocenters. The maximum Gasteiger partial charge on any atom is 0.193 e. The smallest absolute Gasteiger partial charge is 0.193 e. The number of nitrogens with one attached hydrogen (secondary N) is 1. The first-order valence-corrected chi connectivity index (χ1v) is 11.6. The summed E-state index contributed by atoms with van der Waals surface area (Å²) < 4.78 is 13.8. The van der Waals surface area contributed by atoms with Crippen LogP contribution in [0.4, 0.5) is 0 Å². The Morgan fingerprint density at radius 3 is 2.66 bits per heavy atom. The summed E-state index contributed by atoms with van der Waals surface area (Å²) in [4.78, 5) is 6.84. The van der Waals surface area contributed by atoms with E-state index in [0.29, 0.717) is 12.2 Å². The van der Waals surface area contributed by atoms with Gasteiger partial charge in [0, 0.05) is 45.7 Å². The molecule has 0 saturated carbocycles. The molecule has 32 heavy (non-hydrogen) atoms. The molecule has 0 aliphatic carbocycles. The summed E-state index contributed by atoms with van der Waals surface area (Å²) in [5.74, 6) is 0.988. The molecule has 1 atom stereocenters. The molecule has 1 aromatic heterocycles. The van der Waals surface area contributed by atoms with Crippen LogP contribution >= 0.6 is 24.0 Å². The first-order valence-electron chi connectivity index (χ1n) is 11.6. The number of halogens is 1. The molecule has 1 N–H and O–H groups in total. The van der Waals surface area contributed by atoms with Crippen LogP contribution in [0.15, 0.2) is 47.7 Å². The SMILES string of the molecule is CN=C(NCCc1ccc(-n2cccn2)cc1)N1CCC(OCC2CCCCO2)CC1.I. The van der Waals surface area contributed by atoms with Gasteiger partial charge in [0.05, 0.1) is 24.5 Å². The maximum absolute atomic E-state index is 6.14. The summed E-state index contributed by atoms with van der Waals surface area (Å²) in [6.07, 6.45) is 11.0. The molecule has 2 fully saturated rings. The minimum atomic E-state index is 0. The minimum Gasteiger partial charge on any atom is -0.376 e. The highest BCUT2D eigenvalue weighted by Gasteiger charge is 2.23. The Hall–Kier alpha value is -1.65. The fraction of sp³-hybridized carbons (Fsp3) is 0.583. The third kappa shape index (κ3) is 7.18. The lowest BCUT2D eigenvalue weighted by Crippen LogP contribution is -2.47. The lowest BCUT2D eigenvalue weighted by Gasteiger charge is -2.35. The summed E-state index contributed by atoms with van der Waals surface area (Å²) >= 11 is 0. The number of ether oxygens (including phenoxy) is 2. The van der Waals surface area contributed by atoms with E-state index in [2.05, 4.69) is 44.6 Å². The third-order valence-electron chi connectivity index (χ3n) is 6.15. The standard InChI is InChI=1S/C24H35N5O2.HI/c1-25-24(26-14-10-20-6-8-21(9-7-20)29-15-4-13-27-29)28-16-11-22(12-17-28)31-19-23-5-2-3-18-30-23;/h4,6-9,13,15,22-23H,2-3,5,10-12,14,16-19H2,1H3,(H,25,26);1H. The van der Waals surface area contributed by atoms with Crippen molar-refractivity contribution in [2.45, 2.75) is 50.7 Å². The van der Waals surface area contributed by atoms with Crippen LogP contribution in [0.1, 0.15) is 37.7 Å². The largest absolute Gasteiger partial charge is 0.376 e. The van der Waals surface area contributed by atoms with Crippen LogP contribution in [-0.2, 0) is 15.9 Å². The molecule has 4 rings (SSSR count). The van der Waals surface area contributed by atoms with Crippen molar-refractivity contribution in [3.63, 3.8) is 0 Å². The zero-order valence-electron chi connectivity index (χ0n) is 19.0. The normalized spacial score (nSPS) is 20.1. The Balaban J connectivity index is 0.00000289. The highest BCUT2D eigenvalue weighted by molar-refractivity contribution is 14.0. The molecular weight excluding hydrogens is 517 g/mol. The van der Waals surface area contributed by atoms with Crippen molar-refractivity contribution in [1.29, 1.82) is 0 Å². The Labute approximate surface area is 208 Å². The van der Waals surface area contributed by atoms with Crippen LogP contribution in [0.3, 0.4) is 0 Å². The van der Waals surface area contributed by atoms with Crippen molar-refractivity contribution >= 4 is 29.9 Å². The summed E-state index contributed by atoms with van der Waals surface area (Å²) in [5, 5.41) is 7.80. The van der Waals surface area contributed by atoms with Crippen LogP contribution in [0.2, 0.25) is 0 Å². The lowest BCUT2D eigenvalue weighted by molar-refractivity contribution is -0.0721. The average molecular weight is 553 g/mol. The Morgan fingerprint density at radius 2 is 2.00 bits per heavy atom. The number of nitrogens with zero attached hydrogens (tertiary/aromatic N) is 4. The summed E-state index contributed by atoms with van der Waals surface area (Å²) in [5.41, 5.74) is 2.38. The van der Waals surface area contributed by atoms with Crippen molar-refractivity contribution < 1.29 is 9.47 Å². The number of likely N-dealkylation sites (tertiary alicyclic amines) is 1. The zero-order chi connectivity index (χ0) is 21.3. The second kappa shape index (κ2) is 13.2. The number of piperidine rings is 1. The van der Waals surface area contributed by atoms with Gasteiger partial charge in [-0.15, -0.1) is 24.0 Å². The first kappa shape index (κ1) is 25.0. The van der Waals surface area contributed by atoms with Gasteiger partial charge in [-0.3, -0.25) is 4.99 Å². The predicted molar refractivity (Wildman–Crippen MR) is 138 cm³/mol. The molecule has 2 aliphatic heterocycles. The topological polar surface area (TPSA) is 63.9 Å². The molecule has 3 heterocycles. The monoisotopic (exact) mass is 553 g/mol. The van der Waals surface area contributed by atoms with Crippen LogP contribution in [0.5, 0.6) is 0 Å². The second-order valence-electron chi connectivity index (χ2n) is 8.35. The number of rotatable bonds is 7. The van der Waals surface area contributed by atoms with Gasteiger partial charge in [-0.05, 0) is 62.3 Å². The molecule has 1 aromatic carbocycles. The molecule has 0 bridgehead atoms. The summed E-state index contributed by atoms with van der Waals surface area (Å²) in [7, 11) is 1.87. The summed E-state index contributed by atoms with van der Waals surface area (Å²) in [6.45, 7) is 4.46. The van der Waals surface area contributed by atoms with Gasteiger partial charge in [-0.25, -0.2) is 4.68 Å². The Kier molecular flexibility index (Phi) is 10.3. The fourth-order valence-electron chi connectivity index (χ4n) is 4.30. The minimum absolute atomic E-state index is 0.